The van der Waals surface area contributed by atoms with Gasteiger partial charge in [-0.2, -0.15) is 37.0 Å². The zero-order valence-corrected chi connectivity index (χ0v) is 41.8. The number of aliphatic hydroxyl groups is 2. The number of nitrogens with one attached hydrogen (secondary N) is 8. The Hall–Kier alpha value is -5.39. The molecule has 0 spiro atoms. The summed E-state index contributed by atoms with van der Waals surface area (Å²) in [7, 11) is 0. The van der Waals surface area contributed by atoms with Crippen molar-refractivity contribution in [2.24, 2.45) is 23.1 Å². The molecule has 1 rings (SSSR count). The fraction of sp³-hybridized carbons (Fsp3) is 0.619. The average molecular weight is 1050 g/mol. The number of unbranched alkanes of at least 4 members (excludes halogenated alkanes) is 1. The number of aliphatic carboxylic acids is 1. The van der Waals surface area contributed by atoms with Gasteiger partial charge in [0.25, 0.3) is 0 Å². The highest BCUT2D eigenvalue weighted by atomic mass is 32.2. The largest absolute Gasteiger partial charge is 0.508 e. The third-order valence-electron chi connectivity index (χ3n) is 10.6. The standard InChI is InChI=1S/C42H69N11O14S3/c1-4-21(2)33(53-36(60)26(15-22-8-10-23(56)11-9-22)47-34(58)24(44)7-5-6-13-43)41(65)52-31(20-69)40(64)48-27(16-32(45)57)35(59)49-28(17-54)37(61)50-29(18-55)38(62)51-30(19-68)39(63)46-25(42(66)67)12-14-70-3/h8-11,21,24-31,33,54-56,68-69H,4-7,12-20,43-44H2,1-3H3,(H2,45,57)(H,46,63)(H,47,58)(H,48,64)(H,49,59)(H,50,61)(H,51,62)(H,52,65)(H,53,60)(H,66,67)/t21-,24-,25-,26-,27-,28-,29-,30-,31-,33-/m0/s1. The smallest absolute Gasteiger partial charge is 0.326 e. The van der Waals surface area contributed by atoms with Gasteiger partial charge in [-0.25, -0.2) is 4.79 Å². The molecule has 0 aliphatic rings. The van der Waals surface area contributed by atoms with Crippen LogP contribution in [0, 0.1) is 5.92 Å². The first-order valence-electron chi connectivity index (χ1n) is 22.2. The number of hydrogen-bond donors (Lipinski definition) is 17. The van der Waals surface area contributed by atoms with Crippen molar-refractivity contribution < 1.29 is 68.4 Å². The number of phenolic OH excluding ortho intramolecular Hbond substituents is 1. The molecule has 394 valence electrons. The van der Waals surface area contributed by atoms with E-state index < -0.39 is 145 Å². The van der Waals surface area contributed by atoms with Crippen molar-refractivity contribution in [1.29, 1.82) is 0 Å². The summed E-state index contributed by atoms with van der Waals surface area (Å²) in [5.74, 6) is -11.3. The summed E-state index contributed by atoms with van der Waals surface area (Å²) >= 11 is 9.53. The van der Waals surface area contributed by atoms with E-state index in [1.807, 2.05) is 0 Å². The molecule has 1 aromatic rings. The van der Waals surface area contributed by atoms with Gasteiger partial charge in [0, 0.05) is 17.9 Å². The number of thioether (sulfide) groups is 1. The molecule has 0 aliphatic heterocycles. The summed E-state index contributed by atoms with van der Waals surface area (Å²) in [6.07, 6.45) is 2.67. The normalized spacial score (nSPS) is 15.3. The van der Waals surface area contributed by atoms with E-state index in [2.05, 4.69) is 67.8 Å². The molecule has 70 heavy (non-hydrogen) atoms. The van der Waals surface area contributed by atoms with Crippen molar-refractivity contribution in [3.05, 3.63) is 29.8 Å². The van der Waals surface area contributed by atoms with E-state index in [9.17, 15) is 68.4 Å². The zero-order valence-electron chi connectivity index (χ0n) is 39.2. The summed E-state index contributed by atoms with van der Waals surface area (Å²) in [5, 5.41) is 57.9. The van der Waals surface area contributed by atoms with Gasteiger partial charge in [0.15, 0.2) is 0 Å². The number of carboxylic acids is 1. The lowest BCUT2D eigenvalue weighted by molar-refractivity contribution is -0.142. The van der Waals surface area contributed by atoms with Gasteiger partial charge in [0.05, 0.1) is 25.7 Å². The molecule has 1 aromatic carbocycles. The number of nitrogens with two attached hydrogens (primary N) is 3. The third kappa shape index (κ3) is 22.1. The van der Waals surface area contributed by atoms with Gasteiger partial charge < -0.3 is 80.2 Å². The maximum absolute atomic E-state index is 13.9. The summed E-state index contributed by atoms with van der Waals surface area (Å²) in [5.41, 5.74) is 17.5. The van der Waals surface area contributed by atoms with Gasteiger partial charge in [-0.3, -0.25) is 43.2 Å². The van der Waals surface area contributed by atoms with E-state index in [-0.39, 0.29) is 30.8 Å². The number of amides is 9. The molecule has 0 aromatic heterocycles. The van der Waals surface area contributed by atoms with E-state index in [0.29, 0.717) is 37.1 Å². The number of benzene rings is 1. The summed E-state index contributed by atoms with van der Waals surface area (Å²) in [6, 6.07) is -7.44. The van der Waals surface area contributed by atoms with E-state index in [1.165, 1.54) is 36.0 Å². The van der Waals surface area contributed by atoms with Crippen LogP contribution in [0.1, 0.15) is 57.9 Å². The molecular weight excluding hydrogens is 979 g/mol. The minimum absolute atomic E-state index is 0.0380. The monoisotopic (exact) mass is 1050 g/mol. The topological polar surface area (TPSA) is 426 Å². The van der Waals surface area contributed by atoms with E-state index >= 15 is 0 Å². The predicted octanol–water partition coefficient (Wildman–Crippen LogP) is -5.13. The van der Waals surface area contributed by atoms with Gasteiger partial charge in [-0.15, -0.1) is 0 Å². The first kappa shape index (κ1) is 62.6. The number of thiol groups is 2. The SMILES string of the molecule is CC[C@H](C)[C@H](NC(=O)[C@H](Cc1ccc(O)cc1)NC(=O)[C@@H](N)CCCCN)C(=O)N[C@@H](CS)C(=O)N[C@@H](CC(N)=O)C(=O)N[C@@H](CO)C(=O)N[C@@H](CO)C(=O)N[C@@H](CS)C(=O)N[C@@H](CCSC)C(=O)O. The molecule has 25 nitrogen and oxygen atoms in total. The molecule has 0 saturated carbocycles. The number of aliphatic hydroxyl groups excluding tert-OH is 2. The second kappa shape index (κ2) is 33.2. The van der Waals surface area contributed by atoms with Crippen LogP contribution in [0.4, 0.5) is 0 Å². The molecular formula is C42H69N11O14S3. The van der Waals surface area contributed by atoms with Gasteiger partial charge in [-0.1, -0.05) is 38.8 Å². The molecule has 0 fully saturated rings. The molecule has 0 bridgehead atoms. The summed E-state index contributed by atoms with van der Waals surface area (Å²) < 4.78 is 0. The van der Waals surface area contributed by atoms with Crippen molar-refractivity contribution >= 4 is 96.2 Å². The number of phenols is 1. The van der Waals surface area contributed by atoms with Crippen LogP contribution in [0.5, 0.6) is 5.75 Å². The van der Waals surface area contributed by atoms with Crippen LogP contribution < -0.4 is 59.7 Å². The molecule has 0 saturated heterocycles. The van der Waals surface area contributed by atoms with Gasteiger partial charge in [0.1, 0.15) is 54.1 Å². The minimum Gasteiger partial charge on any atom is -0.508 e. The van der Waals surface area contributed by atoms with E-state index in [4.69, 9.17) is 17.2 Å². The van der Waals surface area contributed by atoms with Crippen LogP contribution in [0.25, 0.3) is 0 Å². The lowest BCUT2D eigenvalue weighted by Crippen LogP contribution is -2.62. The Morgan fingerprint density at radius 1 is 0.629 bits per heavy atom. The first-order chi connectivity index (χ1) is 33.1. The van der Waals surface area contributed by atoms with Crippen molar-refractivity contribution in [3.8, 4) is 5.75 Å². The Bertz CT molecular complexity index is 1920. The van der Waals surface area contributed by atoms with Crippen LogP contribution in [0.3, 0.4) is 0 Å². The van der Waals surface area contributed by atoms with Gasteiger partial charge in [-0.05, 0) is 61.4 Å². The van der Waals surface area contributed by atoms with Crippen molar-refractivity contribution in [3.63, 3.8) is 0 Å². The summed E-state index contributed by atoms with van der Waals surface area (Å²) in [4.78, 5) is 131. The molecule has 0 aliphatic carbocycles. The number of primary amides is 1. The second-order valence-electron chi connectivity index (χ2n) is 16.1. The first-order valence-corrected chi connectivity index (χ1v) is 24.9. The van der Waals surface area contributed by atoms with Crippen molar-refractivity contribution in [2.45, 2.75) is 113 Å². The predicted molar refractivity (Wildman–Crippen MR) is 264 cm³/mol. The number of rotatable bonds is 34. The maximum Gasteiger partial charge on any atom is 0.326 e. The zero-order chi connectivity index (χ0) is 53.1. The summed E-state index contributed by atoms with van der Waals surface area (Å²) in [6.45, 7) is 1.59. The van der Waals surface area contributed by atoms with Gasteiger partial charge in [0.2, 0.25) is 53.2 Å². The number of aromatic hydroxyl groups is 1. The van der Waals surface area contributed by atoms with Crippen molar-refractivity contribution in [1.82, 2.24) is 42.5 Å². The number of carboxylic acid groups (broad SMARTS) is 1. The quantitative estimate of drug-likeness (QED) is 0.0227. The fourth-order valence-electron chi connectivity index (χ4n) is 6.25. The highest BCUT2D eigenvalue weighted by molar-refractivity contribution is 7.98. The Kier molecular flexibility index (Phi) is 29.7. The van der Waals surface area contributed by atoms with E-state index in [1.54, 1.807) is 20.1 Å². The average Bonchev–Trinajstić information content (AvgIpc) is 3.32. The highest BCUT2D eigenvalue weighted by Gasteiger charge is 2.36. The molecule has 0 unspecified atom stereocenters. The van der Waals surface area contributed by atoms with Crippen LogP contribution in [-0.2, 0) is 54.4 Å². The number of carbonyl (C=O) groups excluding carboxylic acids is 9. The van der Waals surface area contributed by atoms with Crippen LogP contribution in [0.2, 0.25) is 0 Å². The third-order valence-corrected chi connectivity index (χ3v) is 12.0. The Morgan fingerprint density at radius 3 is 1.53 bits per heavy atom. The highest BCUT2D eigenvalue weighted by Crippen LogP contribution is 2.14. The van der Waals surface area contributed by atoms with Crippen LogP contribution in [-0.4, -0.2) is 177 Å². The Balaban J connectivity index is 3.21. The lowest BCUT2D eigenvalue weighted by atomic mass is 9.96. The van der Waals surface area contributed by atoms with E-state index in [0.717, 1.165) is 0 Å². The molecule has 0 heterocycles. The number of carbonyl (C=O) groups is 10. The molecule has 18 N–H and O–H groups in total. The van der Waals surface area contributed by atoms with Crippen LogP contribution in [0.15, 0.2) is 24.3 Å². The van der Waals surface area contributed by atoms with Crippen LogP contribution >= 0.6 is 37.0 Å². The van der Waals surface area contributed by atoms with Crippen molar-refractivity contribution in [2.75, 3.05) is 43.3 Å². The minimum atomic E-state index is -1.88. The lowest BCUT2D eigenvalue weighted by Gasteiger charge is -2.29. The second-order valence-corrected chi connectivity index (χ2v) is 17.8. The maximum atomic E-state index is 13.9. The van der Waals surface area contributed by atoms with Gasteiger partial charge >= 0.3 is 5.97 Å². The molecule has 28 heteroatoms. The Morgan fingerprint density at radius 2 is 1.07 bits per heavy atom. The fourth-order valence-corrected chi connectivity index (χ4v) is 7.24. The Labute approximate surface area is 420 Å². The number of hydrogen-bond acceptors (Lipinski definition) is 18. The molecule has 9 amide bonds. The molecule has 10 atom stereocenters. The molecule has 0 radical (unpaired) electrons.